The largest absolute Gasteiger partial charge is 0.317 e. The van der Waals surface area contributed by atoms with Crippen LogP contribution in [0.25, 0.3) is 10.4 Å². The Morgan fingerprint density at radius 2 is 2.13 bits per heavy atom. The average molecular weight is 233 g/mol. The molecule has 2 aromatic rings. The van der Waals surface area contributed by atoms with Crippen molar-refractivity contribution < 1.29 is 4.28 Å². The summed E-state index contributed by atoms with van der Waals surface area (Å²) < 4.78 is 5.03. The van der Waals surface area contributed by atoms with E-state index in [0.717, 1.165) is 10.5 Å². The topological polar surface area (TPSA) is 21.6 Å². The van der Waals surface area contributed by atoms with Crippen LogP contribution in [0.3, 0.4) is 0 Å². The molecule has 0 unspecified atom stereocenters. The van der Waals surface area contributed by atoms with Crippen LogP contribution in [-0.2, 0) is 4.28 Å². The van der Waals surface area contributed by atoms with E-state index in [2.05, 4.69) is 28.7 Å². The third-order valence-electron chi connectivity index (χ3n) is 2.19. The highest BCUT2D eigenvalue weighted by molar-refractivity contribution is 7.95. The van der Waals surface area contributed by atoms with Crippen molar-refractivity contribution in [3.05, 3.63) is 41.3 Å². The van der Waals surface area contributed by atoms with Crippen molar-refractivity contribution in [1.29, 1.82) is 0 Å². The standard InChI is InChI=1S/C11H7NOS2/c1-3-8-7-12-13-15-11(8)9(4-1)10-5-2-6-14-10/h1-7H. The molecular formula is C11H7NOS2. The minimum absolute atomic E-state index is 1.12. The summed E-state index contributed by atoms with van der Waals surface area (Å²) in [6.07, 6.45) is 1.75. The van der Waals surface area contributed by atoms with Gasteiger partial charge in [-0.05, 0) is 11.4 Å². The van der Waals surface area contributed by atoms with Crippen LogP contribution in [0.1, 0.15) is 5.56 Å². The number of thiophene rings is 1. The van der Waals surface area contributed by atoms with E-state index in [9.17, 15) is 0 Å². The first-order chi connectivity index (χ1) is 7.45. The van der Waals surface area contributed by atoms with Gasteiger partial charge in [0.1, 0.15) is 12.0 Å². The van der Waals surface area contributed by atoms with Crippen molar-refractivity contribution in [2.45, 2.75) is 4.90 Å². The van der Waals surface area contributed by atoms with Crippen LogP contribution in [0.4, 0.5) is 0 Å². The molecule has 0 radical (unpaired) electrons. The SMILES string of the molecule is C1=NOSc2c1cccc2-c1cccs1. The first-order valence-corrected chi connectivity index (χ1v) is 6.11. The van der Waals surface area contributed by atoms with Crippen LogP contribution >= 0.6 is 23.4 Å². The zero-order valence-corrected chi connectivity index (χ0v) is 9.35. The van der Waals surface area contributed by atoms with E-state index in [1.165, 1.54) is 22.5 Å². The second-order valence-corrected chi connectivity index (χ2v) is 4.77. The van der Waals surface area contributed by atoms with E-state index >= 15 is 0 Å². The maximum atomic E-state index is 5.03. The van der Waals surface area contributed by atoms with E-state index in [-0.39, 0.29) is 0 Å². The van der Waals surface area contributed by atoms with Gasteiger partial charge in [0.25, 0.3) is 0 Å². The van der Waals surface area contributed by atoms with Crippen molar-refractivity contribution in [1.82, 2.24) is 0 Å². The third-order valence-corrected chi connectivity index (χ3v) is 3.87. The van der Waals surface area contributed by atoms with Crippen molar-refractivity contribution in [3.63, 3.8) is 0 Å². The highest BCUT2D eigenvalue weighted by Crippen LogP contribution is 2.37. The number of rotatable bonds is 1. The number of hydrogen-bond acceptors (Lipinski definition) is 4. The zero-order chi connectivity index (χ0) is 10.1. The smallest absolute Gasteiger partial charge is 0.126 e. The van der Waals surface area contributed by atoms with E-state index in [4.69, 9.17) is 4.28 Å². The normalized spacial score (nSPS) is 13.3. The van der Waals surface area contributed by atoms with E-state index in [1.807, 2.05) is 12.1 Å². The number of hydrogen-bond donors (Lipinski definition) is 0. The van der Waals surface area contributed by atoms with E-state index in [0.29, 0.717) is 0 Å². The molecule has 2 nitrogen and oxygen atoms in total. The summed E-state index contributed by atoms with van der Waals surface area (Å²) >= 11 is 3.06. The Kier molecular flexibility index (Phi) is 2.23. The monoisotopic (exact) mass is 233 g/mol. The van der Waals surface area contributed by atoms with Crippen LogP contribution in [-0.4, -0.2) is 6.21 Å². The molecule has 0 saturated heterocycles. The van der Waals surface area contributed by atoms with Gasteiger partial charge in [0, 0.05) is 16.0 Å². The first-order valence-electron chi connectivity index (χ1n) is 4.49. The number of fused-ring (bicyclic) bond motifs is 1. The molecule has 0 spiro atoms. The van der Waals surface area contributed by atoms with Gasteiger partial charge in [0.15, 0.2) is 0 Å². The van der Waals surface area contributed by atoms with Gasteiger partial charge in [0.2, 0.25) is 0 Å². The molecule has 1 aliphatic heterocycles. The summed E-state index contributed by atoms with van der Waals surface area (Å²) in [6.45, 7) is 0. The predicted molar refractivity (Wildman–Crippen MR) is 64.3 cm³/mol. The Bertz CT molecular complexity index is 505. The van der Waals surface area contributed by atoms with Gasteiger partial charge < -0.3 is 4.28 Å². The Morgan fingerprint density at radius 1 is 1.13 bits per heavy atom. The summed E-state index contributed by atoms with van der Waals surface area (Å²) in [7, 11) is 0. The molecule has 1 aromatic heterocycles. The van der Waals surface area contributed by atoms with Crippen LogP contribution in [0.2, 0.25) is 0 Å². The number of benzene rings is 1. The Hall–Kier alpha value is -1.26. The molecule has 0 amide bonds. The Labute approximate surface area is 95.8 Å². The van der Waals surface area contributed by atoms with Crippen molar-refractivity contribution >= 4 is 29.6 Å². The fourth-order valence-electron chi connectivity index (χ4n) is 1.51. The quantitative estimate of drug-likeness (QED) is 0.699. The van der Waals surface area contributed by atoms with Crippen molar-refractivity contribution in [2.24, 2.45) is 5.16 Å². The Balaban J connectivity index is 2.21. The van der Waals surface area contributed by atoms with Gasteiger partial charge in [0.05, 0.1) is 11.1 Å². The molecule has 0 aliphatic carbocycles. The van der Waals surface area contributed by atoms with Gasteiger partial charge in [-0.1, -0.05) is 29.4 Å². The average Bonchev–Trinajstić information content (AvgIpc) is 2.82. The highest BCUT2D eigenvalue weighted by atomic mass is 32.2. The van der Waals surface area contributed by atoms with Crippen LogP contribution in [0.5, 0.6) is 0 Å². The van der Waals surface area contributed by atoms with E-state index in [1.54, 1.807) is 17.6 Å². The van der Waals surface area contributed by atoms with Crippen LogP contribution < -0.4 is 0 Å². The van der Waals surface area contributed by atoms with Gasteiger partial charge in [-0.15, -0.1) is 11.3 Å². The molecule has 0 fully saturated rings. The van der Waals surface area contributed by atoms with Gasteiger partial charge in [-0.3, -0.25) is 0 Å². The fraction of sp³-hybridized carbons (Fsp3) is 0. The summed E-state index contributed by atoms with van der Waals surface area (Å²) in [4.78, 5) is 2.41. The lowest BCUT2D eigenvalue weighted by Crippen LogP contribution is -1.93. The molecule has 0 N–H and O–H groups in total. The van der Waals surface area contributed by atoms with Gasteiger partial charge >= 0.3 is 0 Å². The maximum absolute atomic E-state index is 5.03. The van der Waals surface area contributed by atoms with E-state index < -0.39 is 0 Å². The van der Waals surface area contributed by atoms with Crippen LogP contribution in [0, 0.1) is 0 Å². The minimum atomic E-state index is 1.12. The minimum Gasteiger partial charge on any atom is -0.317 e. The molecule has 0 atom stereocenters. The fourth-order valence-corrected chi connectivity index (χ4v) is 2.98. The second kappa shape index (κ2) is 3.72. The Morgan fingerprint density at radius 3 is 3.00 bits per heavy atom. The number of oxime groups is 1. The third kappa shape index (κ3) is 1.56. The highest BCUT2D eigenvalue weighted by Gasteiger charge is 2.14. The molecule has 4 heteroatoms. The lowest BCUT2D eigenvalue weighted by molar-refractivity contribution is 0.405. The first kappa shape index (κ1) is 9.00. The lowest BCUT2D eigenvalue weighted by atomic mass is 10.1. The summed E-state index contributed by atoms with van der Waals surface area (Å²) in [5.41, 5.74) is 2.34. The van der Waals surface area contributed by atoms with Gasteiger partial charge in [-0.25, -0.2) is 0 Å². The molecule has 3 rings (SSSR count). The summed E-state index contributed by atoms with van der Waals surface area (Å²) in [6, 6.07) is 10.4. The molecule has 1 aliphatic rings. The molecule has 15 heavy (non-hydrogen) atoms. The number of nitrogens with zero attached hydrogens (tertiary/aromatic N) is 1. The molecule has 1 aromatic carbocycles. The van der Waals surface area contributed by atoms with Crippen LogP contribution in [0.15, 0.2) is 45.8 Å². The van der Waals surface area contributed by atoms with Crippen molar-refractivity contribution in [2.75, 3.05) is 0 Å². The maximum Gasteiger partial charge on any atom is 0.126 e. The predicted octanol–water partition coefficient (Wildman–Crippen LogP) is 3.79. The van der Waals surface area contributed by atoms with Crippen molar-refractivity contribution in [3.8, 4) is 10.4 Å². The molecular weight excluding hydrogens is 226 g/mol. The molecule has 74 valence electrons. The molecule has 0 saturated carbocycles. The zero-order valence-electron chi connectivity index (χ0n) is 7.71. The van der Waals surface area contributed by atoms with Gasteiger partial charge in [-0.2, -0.15) is 0 Å². The molecule has 2 heterocycles. The lowest BCUT2D eigenvalue weighted by Gasteiger charge is -2.11. The summed E-state index contributed by atoms with van der Waals surface area (Å²) in [5.74, 6) is 0. The molecule has 0 bridgehead atoms. The summed E-state index contributed by atoms with van der Waals surface area (Å²) in [5, 5.41) is 5.86. The second-order valence-electron chi connectivity index (χ2n) is 3.09.